The molecule has 0 radical (unpaired) electrons. The van der Waals surface area contributed by atoms with Gasteiger partial charge in [-0.2, -0.15) is 0 Å². The van der Waals surface area contributed by atoms with Crippen LogP contribution in [-0.4, -0.2) is 50.2 Å². The quantitative estimate of drug-likeness (QED) is 0.195. The molecule has 0 aliphatic heterocycles. The van der Waals surface area contributed by atoms with Crippen LogP contribution in [0, 0.1) is 0 Å². The minimum atomic E-state index is -1.60. The third-order valence-corrected chi connectivity index (χ3v) is 1.13. The topological polar surface area (TPSA) is 192 Å². The van der Waals surface area contributed by atoms with Crippen molar-refractivity contribution in [3.8, 4) is 0 Å². The van der Waals surface area contributed by atoms with Gasteiger partial charge in [-0.05, 0) is 6.92 Å². The summed E-state index contributed by atoms with van der Waals surface area (Å²) in [7, 11) is 0. The zero-order chi connectivity index (χ0) is 16.9. The normalized spacial score (nSPS) is 7.48. The molecule has 0 heterocycles. The largest absolute Gasteiger partial charge is 1.00 e. The average molecular weight is 333 g/mol. The van der Waals surface area contributed by atoms with E-state index in [1.165, 1.54) is 6.92 Å². The van der Waals surface area contributed by atoms with Gasteiger partial charge >= 0.3 is 81.2 Å². The van der Waals surface area contributed by atoms with Crippen molar-refractivity contribution < 1.29 is 97.2 Å². The van der Waals surface area contributed by atoms with E-state index in [2.05, 4.69) is 12.3 Å². The number of hydrogen-bond donors (Lipinski definition) is 5. The Bertz CT molecular complexity index is 349. The second-order valence-electron chi connectivity index (χ2n) is 3.04. The predicted molar refractivity (Wildman–Crippen MR) is 64.9 cm³/mol. The Morgan fingerprint density at radius 2 is 1.10 bits per heavy atom. The number of hydrogen-bond acceptors (Lipinski definition) is 5. The molecule has 1 amide bonds. The molecule has 0 saturated carbocycles. The van der Waals surface area contributed by atoms with E-state index < -0.39 is 29.8 Å². The number of amides is 1. The van der Waals surface area contributed by atoms with Crippen molar-refractivity contribution >= 4 is 29.8 Å². The molecule has 0 spiro atoms. The number of carbonyl (C=O) groups is 5. The van der Waals surface area contributed by atoms with E-state index in [-0.39, 0.29) is 71.2 Å². The molecule has 0 rings (SSSR count). The van der Waals surface area contributed by atoms with E-state index in [1.807, 2.05) is 0 Å². The number of carboxylic acid groups (broad SMARTS) is 4. The van der Waals surface area contributed by atoms with Crippen LogP contribution in [0.5, 0.6) is 0 Å². The summed E-state index contributed by atoms with van der Waals surface area (Å²) >= 11 is 0. The van der Waals surface area contributed by atoms with Crippen LogP contribution in [0.2, 0.25) is 0 Å². The van der Waals surface area contributed by atoms with Crippen molar-refractivity contribution in [1.82, 2.24) is 0 Å². The Balaban J connectivity index is -0.0000000637. The molecule has 11 heteroatoms. The maximum Gasteiger partial charge on any atom is 1.00 e. The Morgan fingerprint density at radius 3 is 1.14 bits per heavy atom. The first-order chi connectivity index (χ1) is 8.91. The second kappa shape index (κ2) is 16.8. The third kappa shape index (κ3) is 38.1. The molecule has 0 bridgehead atoms. The fourth-order valence-electron chi connectivity index (χ4n) is 0.214. The minimum absolute atomic E-state index is 0. The van der Waals surface area contributed by atoms with Crippen molar-refractivity contribution in [3.63, 3.8) is 0 Å². The number of primary amides is 1. The Kier molecular flexibility index (Phi) is 22.3. The molecule has 0 aliphatic rings. The van der Waals surface area contributed by atoms with Gasteiger partial charge in [0.25, 0.3) is 0 Å². The van der Waals surface area contributed by atoms with Gasteiger partial charge in [0.15, 0.2) is 0 Å². The fourth-order valence-corrected chi connectivity index (χ4v) is 0.214. The molecule has 21 heavy (non-hydrogen) atoms. The van der Waals surface area contributed by atoms with Crippen LogP contribution in [0.3, 0.4) is 0 Å². The van der Waals surface area contributed by atoms with Crippen LogP contribution < -0.4 is 57.1 Å². The first-order valence-electron chi connectivity index (χ1n) is 4.76. The van der Waals surface area contributed by atoms with Gasteiger partial charge in [-0.1, -0.05) is 6.58 Å². The molecule has 116 valence electrons. The van der Waals surface area contributed by atoms with Crippen molar-refractivity contribution in [1.29, 1.82) is 0 Å². The number of nitrogens with two attached hydrogens (primary N) is 1. The van der Waals surface area contributed by atoms with Crippen LogP contribution in [0.15, 0.2) is 12.2 Å². The van der Waals surface area contributed by atoms with Gasteiger partial charge in [-0.25, -0.2) is 9.59 Å². The van der Waals surface area contributed by atoms with E-state index in [0.29, 0.717) is 0 Å². The molecule has 0 aromatic rings. The summed E-state index contributed by atoms with van der Waals surface area (Å²) in [5, 5.41) is 31.2. The molecule has 0 atom stereocenters. The fraction of sp³-hybridized carbons (Fsp3) is 0.300. The number of aliphatic carboxylic acids is 4. The van der Waals surface area contributed by atoms with Gasteiger partial charge in [0.05, 0.1) is 12.8 Å². The summed E-state index contributed by atoms with van der Waals surface area (Å²) < 4.78 is 0. The van der Waals surface area contributed by atoms with Crippen LogP contribution in [0.4, 0.5) is 0 Å². The summed E-state index contributed by atoms with van der Waals surface area (Å²) in [5.41, 5.74) is 4.37. The van der Waals surface area contributed by atoms with Crippen LogP contribution in [0.25, 0.3) is 0 Å². The molecule has 0 aromatic carbocycles. The summed E-state index contributed by atoms with van der Waals surface area (Å²) in [6.45, 7) is 4.60. The van der Waals surface area contributed by atoms with E-state index in [9.17, 15) is 24.0 Å². The van der Waals surface area contributed by atoms with E-state index in [4.69, 9.17) is 20.4 Å². The molecule has 0 aromatic heterocycles. The van der Waals surface area contributed by atoms with Crippen LogP contribution in [-0.2, 0) is 24.0 Å². The molecule has 0 aliphatic carbocycles. The zero-order valence-corrected chi connectivity index (χ0v) is 14.7. The van der Waals surface area contributed by atoms with Crippen LogP contribution >= 0.6 is 0 Å². The van der Waals surface area contributed by atoms with Gasteiger partial charge in [0, 0.05) is 5.57 Å². The van der Waals surface area contributed by atoms with E-state index >= 15 is 0 Å². The molecule has 0 fully saturated rings. The van der Waals surface area contributed by atoms with Crippen LogP contribution in [0.1, 0.15) is 21.2 Å². The zero-order valence-electron chi connectivity index (χ0n) is 12.5. The monoisotopic (exact) mass is 333 g/mol. The first-order valence-corrected chi connectivity index (χ1v) is 4.76. The van der Waals surface area contributed by atoms with E-state index in [0.717, 1.165) is 0 Å². The molecular formula is C10H16KNO9. The first kappa shape index (κ1) is 28.0. The molecule has 0 unspecified atom stereocenters. The molecule has 0 saturated heterocycles. The summed E-state index contributed by atoms with van der Waals surface area (Å²) in [6, 6.07) is 0. The second-order valence-corrected chi connectivity index (χ2v) is 3.04. The molecule has 6 N–H and O–H groups in total. The van der Waals surface area contributed by atoms with Crippen molar-refractivity contribution in [3.05, 3.63) is 12.2 Å². The minimum Gasteiger partial charge on any atom is -1.00 e. The number of carboxylic acids is 4. The van der Waals surface area contributed by atoms with Gasteiger partial charge in [0.1, 0.15) is 0 Å². The van der Waals surface area contributed by atoms with Gasteiger partial charge in [-0.3, -0.25) is 14.4 Å². The van der Waals surface area contributed by atoms with Gasteiger partial charge in [0.2, 0.25) is 0 Å². The SMILES string of the molecule is C=C(C)C(=O)O.NC(=O)C(=O)O.O=C(O)CCC(=O)O.[H-].[K+]. The summed E-state index contributed by atoms with van der Waals surface area (Å²) in [4.78, 5) is 47.4. The summed E-state index contributed by atoms with van der Waals surface area (Å²) in [5.74, 6) is -6.01. The average Bonchev–Trinajstić information content (AvgIpc) is 2.27. The van der Waals surface area contributed by atoms with Crippen molar-refractivity contribution in [2.75, 3.05) is 0 Å². The van der Waals surface area contributed by atoms with Gasteiger partial charge < -0.3 is 27.6 Å². The Hall–Kier alpha value is -1.27. The smallest absolute Gasteiger partial charge is 1.00 e. The molecule has 10 nitrogen and oxygen atoms in total. The van der Waals surface area contributed by atoms with E-state index in [1.54, 1.807) is 0 Å². The summed E-state index contributed by atoms with van der Waals surface area (Å²) in [6.07, 6.45) is -0.593. The maximum absolute atomic E-state index is 9.64. The van der Waals surface area contributed by atoms with Gasteiger partial charge in [-0.15, -0.1) is 0 Å². The van der Waals surface area contributed by atoms with Crippen molar-refractivity contribution in [2.24, 2.45) is 5.73 Å². The predicted octanol–water partition coefficient (Wildman–Crippen LogP) is -3.74. The maximum atomic E-state index is 9.64. The Labute approximate surface area is 163 Å². The standard InChI is InChI=1S/C4H6O4.C4H6O2.C2H3NO3.K.H/c5-3(6)1-2-4(7)8;1-3(2)4(5)6;3-1(4)2(5)6;;/h1-2H2,(H,5,6)(H,7,8);1H2,2H3,(H,5,6);(H2,3,4)(H,5,6);;/q;;;+1;-1. The number of rotatable bonds is 4. The molecular weight excluding hydrogens is 317 g/mol. The third-order valence-electron chi connectivity index (χ3n) is 1.13. The number of carbonyl (C=O) groups excluding carboxylic acids is 1. The van der Waals surface area contributed by atoms with Crippen molar-refractivity contribution in [2.45, 2.75) is 19.8 Å². The Morgan fingerprint density at radius 1 is 0.905 bits per heavy atom.